The number of benzene rings is 2. The van der Waals surface area contributed by atoms with Gasteiger partial charge in [-0.1, -0.05) is 15.9 Å². The van der Waals surface area contributed by atoms with Crippen LogP contribution in [-0.2, 0) is 6.18 Å². The first-order valence-electron chi connectivity index (χ1n) is 5.65. The molecule has 0 aromatic heterocycles. The minimum atomic E-state index is -4.63. The summed E-state index contributed by atoms with van der Waals surface area (Å²) in [5.41, 5.74) is 4.50. The molecule has 0 spiro atoms. The topological polar surface area (TPSA) is 59.0 Å². The third kappa shape index (κ3) is 3.47. The highest BCUT2D eigenvalue weighted by atomic mass is 79.9. The Bertz CT molecular complexity index is 723. The molecule has 21 heavy (non-hydrogen) atoms. The molecule has 0 unspecified atom stereocenters. The number of rotatable bonds is 2. The van der Waals surface area contributed by atoms with E-state index in [1.165, 1.54) is 18.2 Å². The molecule has 108 valence electrons. The molecule has 0 amide bonds. The number of nitriles is 1. The third-order valence-corrected chi connectivity index (χ3v) is 3.11. The summed E-state index contributed by atoms with van der Waals surface area (Å²) in [7, 11) is 0. The van der Waals surface area contributed by atoms with Crippen molar-refractivity contribution in [3.8, 4) is 17.6 Å². The van der Waals surface area contributed by atoms with Gasteiger partial charge in [0.2, 0.25) is 0 Å². The zero-order valence-corrected chi connectivity index (χ0v) is 12.0. The predicted octanol–water partition coefficient (Wildman–Crippen LogP) is 4.71. The van der Waals surface area contributed by atoms with E-state index in [-0.39, 0.29) is 17.2 Å². The van der Waals surface area contributed by atoms with Crippen molar-refractivity contribution in [1.29, 1.82) is 5.26 Å². The van der Waals surface area contributed by atoms with Crippen LogP contribution < -0.4 is 10.5 Å². The molecule has 0 bridgehead atoms. The fraction of sp³-hybridized carbons (Fsp3) is 0.0714. The van der Waals surface area contributed by atoms with Gasteiger partial charge in [0, 0.05) is 4.47 Å². The van der Waals surface area contributed by atoms with Crippen LogP contribution in [0.4, 0.5) is 18.9 Å². The number of nitrogen functional groups attached to an aromatic ring is 1. The second-order valence-corrected chi connectivity index (χ2v) is 5.02. The summed E-state index contributed by atoms with van der Waals surface area (Å²) in [5.74, 6) is 0.186. The maximum absolute atomic E-state index is 12.8. The van der Waals surface area contributed by atoms with E-state index in [0.29, 0.717) is 0 Å². The molecular weight excluding hydrogens is 349 g/mol. The lowest BCUT2D eigenvalue weighted by Crippen LogP contribution is -2.08. The number of anilines is 1. The molecule has 0 aliphatic rings. The normalized spacial score (nSPS) is 11.0. The van der Waals surface area contributed by atoms with Gasteiger partial charge in [0.1, 0.15) is 11.5 Å². The zero-order chi connectivity index (χ0) is 15.6. The highest BCUT2D eigenvalue weighted by Gasteiger charge is 2.34. The molecular formula is C14H8BrF3N2O. The maximum Gasteiger partial charge on any atom is 0.417 e. The number of nitrogens with zero attached hydrogens (tertiary/aromatic N) is 1. The molecule has 2 rings (SSSR count). The Balaban J connectivity index is 2.40. The Morgan fingerprint density at radius 3 is 2.43 bits per heavy atom. The summed E-state index contributed by atoms with van der Waals surface area (Å²) in [6.45, 7) is 0. The summed E-state index contributed by atoms with van der Waals surface area (Å²) < 4.78 is 44.6. The van der Waals surface area contributed by atoms with Crippen LogP contribution in [0.5, 0.6) is 11.5 Å². The van der Waals surface area contributed by atoms with E-state index in [9.17, 15) is 13.2 Å². The summed E-state index contributed by atoms with van der Waals surface area (Å²) in [5, 5.41) is 8.72. The van der Waals surface area contributed by atoms with Crippen LogP contribution in [0.2, 0.25) is 0 Å². The molecule has 0 aliphatic heterocycles. The van der Waals surface area contributed by atoms with Crippen molar-refractivity contribution in [2.45, 2.75) is 6.18 Å². The largest absolute Gasteiger partial charge is 0.455 e. The Morgan fingerprint density at radius 1 is 1.14 bits per heavy atom. The van der Waals surface area contributed by atoms with E-state index in [1.807, 2.05) is 0 Å². The summed E-state index contributed by atoms with van der Waals surface area (Å²) in [6.07, 6.45) is -4.63. The molecule has 2 aromatic carbocycles. The second-order valence-electron chi connectivity index (χ2n) is 4.10. The molecule has 7 heteroatoms. The number of hydrogen-bond donors (Lipinski definition) is 1. The Labute approximate surface area is 126 Å². The van der Waals surface area contributed by atoms with Crippen molar-refractivity contribution in [2.75, 3.05) is 5.73 Å². The number of nitrogens with two attached hydrogens (primary N) is 1. The van der Waals surface area contributed by atoms with Gasteiger partial charge in [0.15, 0.2) is 0 Å². The summed E-state index contributed by atoms with van der Waals surface area (Å²) in [6, 6.07) is 9.39. The van der Waals surface area contributed by atoms with Crippen molar-refractivity contribution in [3.05, 3.63) is 52.0 Å². The summed E-state index contributed by atoms with van der Waals surface area (Å²) in [4.78, 5) is 0. The fourth-order valence-corrected chi connectivity index (χ4v) is 2.04. The van der Waals surface area contributed by atoms with Crippen LogP contribution in [0, 0.1) is 11.3 Å². The van der Waals surface area contributed by atoms with Gasteiger partial charge in [-0.15, -0.1) is 0 Å². The van der Waals surface area contributed by atoms with Crippen LogP contribution in [0.25, 0.3) is 0 Å². The van der Waals surface area contributed by atoms with E-state index in [4.69, 9.17) is 15.7 Å². The van der Waals surface area contributed by atoms with E-state index in [1.54, 1.807) is 12.1 Å². The maximum atomic E-state index is 12.8. The highest BCUT2D eigenvalue weighted by Crippen LogP contribution is 2.36. The van der Waals surface area contributed by atoms with Gasteiger partial charge in [-0.25, -0.2) is 0 Å². The van der Waals surface area contributed by atoms with Crippen molar-refractivity contribution in [1.82, 2.24) is 0 Å². The fourth-order valence-electron chi connectivity index (χ4n) is 1.66. The second kappa shape index (κ2) is 5.66. The van der Waals surface area contributed by atoms with E-state index >= 15 is 0 Å². The average Bonchev–Trinajstić information content (AvgIpc) is 2.41. The number of hydrogen-bond acceptors (Lipinski definition) is 3. The first kappa shape index (κ1) is 15.2. The molecule has 0 aliphatic carbocycles. The standard InChI is InChI=1S/C14H8BrF3N2O/c15-9-2-4-13(12(20)5-9)21-10-3-1-8(7-19)11(6-10)14(16,17)18/h1-6H,20H2. The van der Waals surface area contributed by atoms with Crippen LogP contribution >= 0.6 is 15.9 Å². The summed E-state index contributed by atoms with van der Waals surface area (Å²) >= 11 is 3.22. The van der Waals surface area contributed by atoms with Gasteiger partial charge in [0.25, 0.3) is 0 Å². The van der Waals surface area contributed by atoms with Gasteiger partial charge in [-0.2, -0.15) is 18.4 Å². The Hall–Kier alpha value is -2.20. The van der Waals surface area contributed by atoms with Gasteiger partial charge >= 0.3 is 6.18 Å². The minimum Gasteiger partial charge on any atom is -0.455 e. The molecule has 0 radical (unpaired) electrons. The molecule has 0 heterocycles. The minimum absolute atomic E-state index is 0.0460. The van der Waals surface area contributed by atoms with Crippen LogP contribution in [0.15, 0.2) is 40.9 Å². The molecule has 0 saturated heterocycles. The molecule has 0 saturated carbocycles. The van der Waals surface area contributed by atoms with Crippen LogP contribution in [-0.4, -0.2) is 0 Å². The molecule has 2 N–H and O–H groups in total. The molecule has 2 aromatic rings. The monoisotopic (exact) mass is 356 g/mol. The van der Waals surface area contributed by atoms with Crippen molar-refractivity contribution in [3.63, 3.8) is 0 Å². The SMILES string of the molecule is N#Cc1ccc(Oc2ccc(Br)cc2N)cc1C(F)(F)F. The Kier molecular flexibility index (Phi) is 4.09. The van der Waals surface area contributed by atoms with Crippen LogP contribution in [0.3, 0.4) is 0 Å². The lowest BCUT2D eigenvalue weighted by molar-refractivity contribution is -0.137. The van der Waals surface area contributed by atoms with Gasteiger partial charge < -0.3 is 10.5 Å². The zero-order valence-electron chi connectivity index (χ0n) is 10.4. The first-order valence-corrected chi connectivity index (χ1v) is 6.45. The third-order valence-electron chi connectivity index (χ3n) is 2.62. The lowest BCUT2D eigenvalue weighted by Gasteiger charge is -2.12. The first-order chi connectivity index (χ1) is 9.81. The van der Waals surface area contributed by atoms with Gasteiger partial charge in [-0.3, -0.25) is 0 Å². The Morgan fingerprint density at radius 2 is 1.86 bits per heavy atom. The quantitative estimate of drug-likeness (QED) is 0.792. The predicted molar refractivity (Wildman–Crippen MR) is 74.8 cm³/mol. The smallest absolute Gasteiger partial charge is 0.417 e. The van der Waals surface area contributed by atoms with Crippen molar-refractivity contribution < 1.29 is 17.9 Å². The number of alkyl halides is 3. The molecule has 0 atom stereocenters. The molecule has 0 fully saturated rings. The number of halogens is 4. The van der Waals surface area contributed by atoms with Crippen molar-refractivity contribution in [2.24, 2.45) is 0 Å². The van der Waals surface area contributed by atoms with E-state index in [2.05, 4.69) is 15.9 Å². The van der Waals surface area contributed by atoms with Crippen LogP contribution in [0.1, 0.15) is 11.1 Å². The average molecular weight is 357 g/mol. The van der Waals surface area contributed by atoms with Gasteiger partial charge in [0.05, 0.1) is 22.9 Å². The van der Waals surface area contributed by atoms with E-state index in [0.717, 1.165) is 16.6 Å². The molecule has 3 nitrogen and oxygen atoms in total. The van der Waals surface area contributed by atoms with E-state index < -0.39 is 17.3 Å². The van der Waals surface area contributed by atoms with Gasteiger partial charge in [-0.05, 0) is 36.4 Å². The number of ether oxygens (including phenoxy) is 1. The lowest BCUT2D eigenvalue weighted by atomic mass is 10.1. The van der Waals surface area contributed by atoms with Crippen molar-refractivity contribution >= 4 is 21.6 Å². The highest BCUT2D eigenvalue weighted by molar-refractivity contribution is 9.10.